The summed E-state index contributed by atoms with van der Waals surface area (Å²) >= 11 is 0. The van der Waals surface area contributed by atoms with E-state index in [2.05, 4.69) is 233 Å². The summed E-state index contributed by atoms with van der Waals surface area (Å²) in [6.07, 6.45) is 4.53. The maximum absolute atomic E-state index is 2.47. The van der Waals surface area contributed by atoms with Gasteiger partial charge in [-0.05, 0) is 121 Å². The van der Waals surface area contributed by atoms with Crippen LogP contribution in [-0.4, -0.2) is 0 Å². The zero-order valence-corrected chi connectivity index (χ0v) is 34.7. The lowest BCUT2D eigenvalue weighted by molar-refractivity contribution is 0.631. The highest BCUT2D eigenvalue weighted by Crippen LogP contribution is 2.55. The molecule has 0 N–H and O–H groups in total. The van der Waals surface area contributed by atoms with Gasteiger partial charge < -0.3 is 9.80 Å². The third-order valence-electron chi connectivity index (χ3n) is 13.8. The molecular weight excluding hydrogens is 713 g/mol. The molecule has 11 rings (SSSR count). The molecule has 0 atom stereocenters. The fraction of sp³-hybridized carbons (Fsp3) is 0.158. The molecule has 59 heavy (non-hydrogen) atoms. The number of rotatable bonds is 4. The first-order valence-electron chi connectivity index (χ1n) is 21.0. The lowest BCUT2D eigenvalue weighted by Crippen LogP contribution is -2.30. The van der Waals surface area contributed by atoms with Gasteiger partial charge in [0.25, 0.3) is 0 Å². The van der Waals surface area contributed by atoms with Crippen molar-refractivity contribution < 1.29 is 0 Å². The van der Waals surface area contributed by atoms with Gasteiger partial charge in [-0.3, -0.25) is 0 Å². The Morgan fingerprint density at radius 3 is 1.20 bits per heavy atom. The van der Waals surface area contributed by atoms with Crippen LogP contribution in [0.4, 0.5) is 34.1 Å². The predicted octanol–water partition coefficient (Wildman–Crippen LogP) is 15.5. The van der Waals surface area contributed by atoms with Crippen LogP contribution < -0.4 is 9.80 Å². The monoisotopic (exact) mass is 760 g/mol. The summed E-state index contributed by atoms with van der Waals surface area (Å²) in [5.74, 6) is 0. The van der Waals surface area contributed by atoms with E-state index in [1.807, 2.05) is 0 Å². The molecule has 8 aromatic carbocycles. The van der Waals surface area contributed by atoms with Crippen molar-refractivity contribution >= 4 is 57.0 Å². The molecule has 0 saturated carbocycles. The molecule has 2 heterocycles. The molecule has 0 radical (unpaired) electrons. The zero-order valence-electron chi connectivity index (χ0n) is 34.7. The molecule has 0 saturated heterocycles. The van der Waals surface area contributed by atoms with Crippen LogP contribution in [0.1, 0.15) is 86.1 Å². The molecule has 0 amide bonds. The average Bonchev–Trinajstić information content (AvgIpc) is 3.48. The highest BCUT2D eigenvalue weighted by Gasteiger charge is 2.40. The fourth-order valence-electron chi connectivity index (χ4n) is 10.6. The van der Waals surface area contributed by atoms with Crippen LogP contribution in [-0.2, 0) is 16.2 Å². The highest BCUT2D eigenvalue weighted by atomic mass is 15.2. The van der Waals surface area contributed by atoms with Crippen LogP contribution >= 0.6 is 0 Å². The Kier molecular flexibility index (Phi) is 7.63. The van der Waals surface area contributed by atoms with Crippen molar-refractivity contribution in [3.05, 3.63) is 214 Å². The molecule has 2 nitrogen and oxygen atoms in total. The number of hydrogen-bond donors (Lipinski definition) is 0. The first-order valence-corrected chi connectivity index (χ1v) is 21.0. The smallest absolute Gasteiger partial charge is 0.0502 e. The Morgan fingerprint density at radius 1 is 0.322 bits per heavy atom. The molecule has 2 heteroatoms. The summed E-state index contributed by atoms with van der Waals surface area (Å²) in [5, 5.41) is 2.47. The number of para-hydroxylation sites is 4. The third-order valence-corrected chi connectivity index (χ3v) is 13.8. The van der Waals surface area contributed by atoms with E-state index in [1.165, 1.54) is 101 Å². The molecular formula is C57H48N2. The minimum absolute atomic E-state index is 0.0738. The molecule has 286 valence electrons. The first kappa shape index (κ1) is 35.5. The summed E-state index contributed by atoms with van der Waals surface area (Å²) < 4.78 is 0. The van der Waals surface area contributed by atoms with Gasteiger partial charge in [-0.2, -0.15) is 0 Å². The summed E-state index contributed by atoms with van der Waals surface area (Å²) in [4.78, 5) is 4.91. The molecule has 3 aliphatic rings. The number of nitrogens with zero attached hydrogens (tertiary/aromatic N) is 2. The number of fused-ring (bicyclic) bond motifs is 8. The van der Waals surface area contributed by atoms with Gasteiger partial charge in [0.1, 0.15) is 0 Å². The maximum Gasteiger partial charge on any atom is 0.0502 e. The molecule has 1 aliphatic carbocycles. The summed E-state index contributed by atoms with van der Waals surface area (Å²) in [6.45, 7) is 14.1. The van der Waals surface area contributed by atoms with E-state index in [0.29, 0.717) is 0 Å². The Labute approximate surface area is 348 Å². The molecule has 0 spiro atoms. The molecule has 2 aliphatic heterocycles. The van der Waals surface area contributed by atoms with Crippen molar-refractivity contribution in [1.29, 1.82) is 0 Å². The quantitative estimate of drug-likeness (QED) is 0.165. The molecule has 0 aromatic heterocycles. The van der Waals surface area contributed by atoms with E-state index in [4.69, 9.17) is 0 Å². The fourth-order valence-corrected chi connectivity index (χ4v) is 10.6. The van der Waals surface area contributed by atoms with E-state index in [-0.39, 0.29) is 16.2 Å². The lowest BCUT2D eigenvalue weighted by Gasteiger charge is -2.42. The van der Waals surface area contributed by atoms with E-state index in [1.54, 1.807) is 0 Å². The summed E-state index contributed by atoms with van der Waals surface area (Å²) in [7, 11) is 0. The van der Waals surface area contributed by atoms with Gasteiger partial charge in [0.2, 0.25) is 0 Å². The van der Waals surface area contributed by atoms with Gasteiger partial charge in [0, 0.05) is 27.6 Å². The van der Waals surface area contributed by atoms with Crippen LogP contribution in [0.25, 0.3) is 34.1 Å². The van der Waals surface area contributed by atoms with Crippen molar-refractivity contribution in [2.24, 2.45) is 0 Å². The lowest BCUT2D eigenvalue weighted by atomic mass is 9.73. The molecule has 0 fully saturated rings. The second kappa shape index (κ2) is 12.7. The largest absolute Gasteiger partial charge is 0.310 e. The Hall–Kier alpha value is -6.64. The third kappa shape index (κ3) is 5.25. The molecule has 0 bridgehead atoms. The van der Waals surface area contributed by atoms with Gasteiger partial charge in [-0.25, -0.2) is 0 Å². The number of anilines is 6. The SMILES string of the molecule is CC1(C)c2cc(/C=C/c3ccc4cc(N5c6ccccc6C(C)(C)c6ccccc65)ccc4c3)ccc2-c2ccc(N3c4ccccc4C(C)(C)c4ccccc43)cc21. The highest BCUT2D eigenvalue weighted by molar-refractivity contribution is 5.94. The van der Waals surface area contributed by atoms with E-state index in [0.717, 1.165) is 0 Å². The van der Waals surface area contributed by atoms with Crippen molar-refractivity contribution in [3.8, 4) is 11.1 Å². The van der Waals surface area contributed by atoms with Crippen LogP contribution in [0, 0.1) is 0 Å². The molecule has 0 unspecified atom stereocenters. The van der Waals surface area contributed by atoms with Gasteiger partial charge in [-0.15, -0.1) is 0 Å². The number of hydrogen-bond acceptors (Lipinski definition) is 2. The van der Waals surface area contributed by atoms with Crippen LogP contribution in [0.2, 0.25) is 0 Å². The second-order valence-electron chi connectivity index (χ2n) is 18.3. The van der Waals surface area contributed by atoms with Crippen molar-refractivity contribution in [2.75, 3.05) is 9.80 Å². The maximum atomic E-state index is 2.47. The minimum atomic E-state index is -0.148. The van der Waals surface area contributed by atoms with Gasteiger partial charge in [0.05, 0.1) is 22.7 Å². The Balaban J connectivity index is 0.894. The first-order chi connectivity index (χ1) is 28.5. The summed E-state index contributed by atoms with van der Waals surface area (Å²) in [5.41, 5.74) is 20.3. The number of benzene rings is 8. The minimum Gasteiger partial charge on any atom is -0.310 e. The van der Waals surface area contributed by atoms with Crippen molar-refractivity contribution in [2.45, 2.75) is 57.8 Å². The van der Waals surface area contributed by atoms with Crippen LogP contribution in [0.15, 0.2) is 170 Å². The normalized spacial score (nSPS) is 16.2. The standard InChI is InChI=1S/C57H48N2/c1-55(2)45-15-7-11-19-51(45)58(52-20-12-8-16-46(52)55)41-29-28-39-33-37(25-27-40(39)35-41)23-24-38-26-31-43-44-32-30-42(36-50(44)57(5,6)49(43)34-38)59-53-21-13-9-17-47(53)56(3,4)48-18-10-14-22-54(48)59/h7-36H,1-6H3/b24-23+. The summed E-state index contributed by atoms with van der Waals surface area (Å²) in [6, 6.07) is 63.4. The Bertz CT molecular complexity index is 2950. The molecule has 8 aromatic rings. The van der Waals surface area contributed by atoms with E-state index in [9.17, 15) is 0 Å². The van der Waals surface area contributed by atoms with Crippen molar-refractivity contribution in [1.82, 2.24) is 0 Å². The predicted molar refractivity (Wildman–Crippen MR) is 251 cm³/mol. The van der Waals surface area contributed by atoms with E-state index < -0.39 is 0 Å². The van der Waals surface area contributed by atoms with E-state index >= 15 is 0 Å². The topological polar surface area (TPSA) is 6.48 Å². The van der Waals surface area contributed by atoms with Crippen molar-refractivity contribution in [3.63, 3.8) is 0 Å². The van der Waals surface area contributed by atoms with Crippen LogP contribution in [0.3, 0.4) is 0 Å². The van der Waals surface area contributed by atoms with Gasteiger partial charge >= 0.3 is 0 Å². The second-order valence-corrected chi connectivity index (χ2v) is 18.3. The van der Waals surface area contributed by atoms with Gasteiger partial charge in [0.15, 0.2) is 0 Å². The van der Waals surface area contributed by atoms with Gasteiger partial charge in [-0.1, -0.05) is 169 Å². The average molecular weight is 761 g/mol. The zero-order chi connectivity index (χ0) is 40.3. The van der Waals surface area contributed by atoms with Crippen LogP contribution in [0.5, 0.6) is 0 Å². The Morgan fingerprint density at radius 2 is 0.678 bits per heavy atom.